The van der Waals surface area contributed by atoms with Crippen molar-refractivity contribution in [2.75, 3.05) is 13.2 Å². The van der Waals surface area contributed by atoms with Gasteiger partial charge in [0.2, 0.25) is 0 Å². The van der Waals surface area contributed by atoms with Crippen molar-refractivity contribution in [3.05, 3.63) is 94.3 Å². The zero-order valence-electron chi connectivity index (χ0n) is 15.1. The highest BCUT2D eigenvalue weighted by Gasteiger charge is 2.28. The van der Waals surface area contributed by atoms with E-state index in [1.165, 1.54) is 6.20 Å². The van der Waals surface area contributed by atoms with Crippen molar-refractivity contribution in [1.82, 2.24) is 4.98 Å². The molecular formula is C21H16ClF2NO3S. The minimum Gasteiger partial charge on any atom is -0.346 e. The minimum absolute atomic E-state index is 0.0353. The second-order valence-electron chi connectivity index (χ2n) is 6.39. The van der Waals surface area contributed by atoms with E-state index in [1.54, 1.807) is 36.4 Å². The van der Waals surface area contributed by atoms with Gasteiger partial charge in [-0.25, -0.2) is 8.78 Å². The van der Waals surface area contributed by atoms with Crippen LogP contribution in [-0.4, -0.2) is 22.4 Å². The normalized spacial score (nSPS) is 16.7. The van der Waals surface area contributed by atoms with Gasteiger partial charge in [0.1, 0.15) is 16.9 Å². The van der Waals surface area contributed by atoms with Gasteiger partial charge in [0, 0.05) is 27.2 Å². The monoisotopic (exact) mass is 435 g/mol. The van der Waals surface area contributed by atoms with E-state index in [-0.39, 0.29) is 5.56 Å². The van der Waals surface area contributed by atoms with E-state index in [0.717, 1.165) is 18.2 Å². The zero-order valence-corrected chi connectivity index (χ0v) is 16.6. The van der Waals surface area contributed by atoms with Crippen molar-refractivity contribution in [3.8, 4) is 0 Å². The van der Waals surface area contributed by atoms with Gasteiger partial charge in [0.15, 0.2) is 6.29 Å². The molecule has 2 unspecified atom stereocenters. The molecule has 1 aromatic heterocycles. The predicted octanol–water partition coefficient (Wildman–Crippen LogP) is 4.96. The second kappa shape index (κ2) is 8.67. The van der Waals surface area contributed by atoms with E-state index >= 15 is 0 Å². The molecule has 0 amide bonds. The zero-order chi connectivity index (χ0) is 20.4. The Morgan fingerprint density at radius 1 is 1.03 bits per heavy atom. The van der Waals surface area contributed by atoms with Crippen LogP contribution in [-0.2, 0) is 20.3 Å². The Morgan fingerprint density at radius 3 is 2.41 bits per heavy atom. The molecule has 0 bridgehead atoms. The highest BCUT2D eigenvalue weighted by molar-refractivity contribution is 7.85. The topological polar surface area (TPSA) is 48.4 Å². The third-order valence-electron chi connectivity index (χ3n) is 4.47. The third-order valence-corrected chi connectivity index (χ3v) is 6.38. The fraction of sp³-hybridized carbons (Fsp3) is 0.190. The van der Waals surface area contributed by atoms with Crippen LogP contribution in [0.25, 0.3) is 0 Å². The largest absolute Gasteiger partial charge is 0.346 e. The van der Waals surface area contributed by atoms with E-state index in [1.807, 2.05) is 0 Å². The number of benzene rings is 2. The lowest BCUT2D eigenvalue weighted by atomic mass is 10.1. The molecule has 1 aliphatic rings. The molecule has 4 nitrogen and oxygen atoms in total. The molecule has 1 fully saturated rings. The van der Waals surface area contributed by atoms with Crippen LogP contribution in [0, 0.1) is 11.6 Å². The molecular weight excluding hydrogens is 420 g/mol. The SMILES string of the molecule is O=S(c1ccc(Cl)cc1)C(c1ccc(C2OCCO2)cn1)c1cc(F)ccc1F. The van der Waals surface area contributed by atoms with Gasteiger partial charge >= 0.3 is 0 Å². The summed E-state index contributed by atoms with van der Waals surface area (Å²) in [5.74, 6) is -1.28. The van der Waals surface area contributed by atoms with Crippen molar-refractivity contribution in [3.63, 3.8) is 0 Å². The number of halogens is 3. The van der Waals surface area contributed by atoms with E-state index in [4.69, 9.17) is 21.1 Å². The Hall–Kier alpha value is -2.19. The lowest BCUT2D eigenvalue weighted by Crippen LogP contribution is -2.13. The first-order valence-corrected chi connectivity index (χ1v) is 10.4. The summed E-state index contributed by atoms with van der Waals surface area (Å²) >= 11 is 5.91. The van der Waals surface area contributed by atoms with Gasteiger partial charge in [-0.3, -0.25) is 9.19 Å². The van der Waals surface area contributed by atoms with Crippen LogP contribution in [0.2, 0.25) is 5.02 Å². The summed E-state index contributed by atoms with van der Waals surface area (Å²) in [6.07, 6.45) is 1.02. The fourth-order valence-electron chi connectivity index (χ4n) is 3.07. The Kier molecular flexibility index (Phi) is 6.01. The molecule has 4 rings (SSSR count). The number of hydrogen-bond acceptors (Lipinski definition) is 4. The van der Waals surface area contributed by atoms with Gasteiger partial charge in [-0.2, -0.15) is 0 Å². The first-order valence-electron chi connectivity index (χ1n) is 8.83. The van der Waals surface area contributed by atoms with Gasteiger partial charge in [-0.15, -0.1) is 0 Å². The van der Waals surface area contributed by atoms with Gasteiger partial charge in [-0.05, 0) is 48.5 Å². The Balaban J connectivity index is 1.76. The van der Waals surface area contributed by atoms with Crippen molar-refractivity contribution in [2.24, 2.45) is 0 Å². The molecule has 8 heteroatoms. The molecule has 29 heavy (non-hydrogen) atoms. The molecule has 0 aliphatic carbocycles. The molecule has 2 heterocycles. The average Bonchev–Trinajstić information content (AvgIpc) is 3.27. The van der Waals surface area contributed by atoms with Gasteiger partial charge in [-0.1, -0.05) is 17.7 Å². The van der Waals surface area contributed by atoms with Crippen molar-refractivity contribution in [1.29, 1.82) is 0 Å². The third kappa shape index (κ3) is 4.38. The van der Waals surface area contributed by atoms with E-state index in [9.17, 15) is 13.0 Å². The Morgan fingerprint density at radius 2 is 1.76 bits per heavy atom. The quantitative estimate of drug-likeness (QED) is 0.568. The lowest BCUT2D eigenvalue weighted by Gasteiger charge is -2.19. The number of nitrogens with zero attached hydrogens (tertiary/aromatic N) is 1. The first-order chi connectivity index (χ1) is 14.0. The molecule has 1 aliphatic heterocycles. The minimum atomic E-state index is -1.75. The summed E-state index contributed by atoms with van der Waals surface area (Å²) in [4.78, 5) is 4.79. The van der Waals surface area contributed by atoms with E-state index < -0.39 is 34.0 Å². The summed E-state index contributed by atoms with van der Waals surface area (Å²) in [5, 5.41) is -0.524. The maximum Gasteiger partial charge on any atom is 0.185 e. The van der Waals surface area contributed by atoms with Crippen molar-refractivity contribution >= 4 is 22.4 Å². The number of pyridine rings is 1. The summed E-state index contributed by atoms with van der Waals surface area (Å²) in [7, 11) is -1.75. The van der Waals surface area contributed by atoms with Gasteiger partial charge < -0.3 is 9.47 Å². The van der Waals surface area contributed by atoms with Crippen LogP contribution in [0.5, 0.6) is 0 Å². The van der Waals surface area contributed by atoms with E-state index in [0.29, 0.717) is 34.4 Å². The van der Waals surface area contributed by atoms with Crippen molar-refractivity contribution < 1.29 is 22.5 Å². The number of rotatable bonds is 5. The molecule has 2 atom stereocenters. The smallest absolute Gasteiger partial charge is 0.185 e. The van der Waals surface area contributed by atoms with Crippen LogP contribution >= 0.6 is 11.6 Å². The maximum absolute atomic E-state index is 14.6. The predicted molar refractivity (Wildman–Crippen MR) is 105 cm³/mol. The summed E-state index contributed by atoms with van der Waals surface area (Å²) in [6, 6.07) is 12.8. The lowest BCUT2D eigenvalue weighted by molar-refractivity contribution is -0.0443. The summed E-state index contributed by atoms with van der Waals surface area (Å²) < 4.78 is 52.7. The Bertz CT molecular complexity index is 1030. The maximum atomic E-state index is 14.6. The van der Waals surface area contributed by atoms with E-state index in [2.05, 4.69) is 4.98 Å². The second-order valence-corrected chi connectivity index (χ2v) is 8.36. The summed E-state index contributed by atoms with van der Waals surface area (Å²) in [5.41, 5.74) is 0.999. The number of ether oxygens (including phenoxy) is 2. The highest BCUT2D eigenvalue weighted by Crippen LogP contribution is 2.34. The number of aromatic nitrogens is 1. The Labute approximate surface area is 173 Å². The average molecular weight is 436 g/mol. The van der Waals surface area contributed by atoms with Crippen molar-refractivity contribution in [2.45, 2.75) is 16.4 Å². The van der Waals surface area contributed by atoms with Crippen LogP contribution < -0.4 is 0 Å². The molecule has 1 saturated heterocycles. The molecule has 150 valence electrons. The molecule has 0 saturated carbocycles. The van der Waals surface area contributed by atoms with Gasteiger partial charge in [0.05, 0.1) is 29.7 Å². The van der Waals surface area contributed by atoms with Crippen LogP contribution in [0.15, 0.2) is 65.7 Å². The first kappa shape index (κ1) is 20.1. The van der Waals surface area contributed by atoms with Crippen LogP contribution in [0.4, 0.5) is 8.78 Å². The summed E-state index contributed by atoms with van der Waals surface area (Å²) in [6.45, 7) is 0.980. The van der Waals surface area contributed by atoms with Crippen LogP contribution in [0.3, 0.4) is 0 Å². The molecule has 0 spiro atoms. The van der Waals surface area contributed by atoms with Gasteiger partial charge in [0.25, 0.3) is 0 Å². The molecule has 0 radical (unpaired) electrons. The fourth-order valence-corrected chi connectivity index (χ4v) is 4.64. The molecule has 3 aromatic rings. The van der Waals surface area contributed by atoms with Crippen LogP contribution in [0.1, 0.15) is 28.4 Å². The number of hydrogen-bond donors (Lipinski definition) is 0. The standard InChI is InChI=1S/C21H16ClF2NO3S/c22-14-2-5-16(6-3-14)29(26)20(17-11-15(23)4-7-18(17)24)19-8-1-13(12-25-19)21-27-9-10-28-21/h1-8,11-12,20-21H,9-10H2. The molecule has 0 N–H and O–H groups in total. The highest BCUT2D eigenvalue weighted by atomic mass is 35.5. The molecule has 2 aromatic carbocycles.